The lowest BCUT2D eigenvalue weighted by Crippen LogP contribution is -2.36. The Morgan fingerprint density at radius 2 is 1.84 bits per heavy atom. The van der Waals surface area contributed by atoms with Crippen molar-refractivity contribution < 1.29 is 27.2 Å². The molecule has 0 atom stereocenters. The summed E-state index contributed by atoms with van der Waals surface area (Å²) in [7, 11) is 0. The number of fused-ring (bicyclic) bond motifs is 1. The molecule has 2 amide bonds. The highest BCUT2D eigenvalue weighted by molar-refractivity contribution is 6.33. The maximum atomic E-state index is 13.8. The van der Waals surface area contributed by atoms with Crippen molar-refractivity contribution in [3.05, 3.63) is 47.3 Å². The first-order valence-corrected chi connectivity index (χ1v) is 9.91. The van der Waals surface area contributed by atoms with Gasteiger partial charge in [-0.1, -0.05) is 11.6 Å². The van der Waals surface area contributed by atoms with Crippen LogP contribution in [0.3, 0.4) is 0 Å². The van der Waals surface area contributed by atoms with Gasteiger partial charge in [-0.3, -0.25) is 14.0 Å². The maximum absolute atomic E-state index is 13.8. The Hall–Kier alpha value is -3.01. The lowest BCUT2D eigenvalue weighted by Gasteiger charge is -2.20. The van der Waals surface area contributed by atoms with E-state index in [0.29, 0.717) is 31.6 Å². The number of rotatable bonds is 2. The van der Waals surface area contributed by atoms with Gasteiger partial charge in [0.1, 0.15) is 5.15 Å². The molecule has 3 aromatic heterocycles. The number of imidazole rings is 1. The number of pyridine rings is 1. The van der Waals surface area contributed by atoms with Gasteiger partial charge >= 0.3 is 6.18 Å². The molecule has 0 saturated carbocycles. The highest BCUT2D eigenvalue weighted by Gasteiger charge is 2.36. The molecule has 164 valence electrons. The predicted molar refractivity (Wildman–Crippen MR) is 106 cm³/mol. The van der Waals surface area contributed by atoms with E-state index in [1.54, 1.807) is 4.90 Å². The molecule has 11 heteroatoms. The average molecular weight is 455 g/mol. The number of aromatic nitrogens is 2. The number of hydrogen-bond acceptors (Lipinski definition) is 4. The Balaban J connectivity index is 1.76. The Morgan fingerprint density at radius 1 is 1.13 bits per heavy atom. The van der Waals surface area contributed by atoms with Gasteiger partial charge in [-0.05, 0) is 18.6 Å². The summed E-state index contributed by atoms with van der Waals surface area (Å²) in [6.45, 7) is 2.88. The van der Waals surface area contributed by atoms with Crippen LogP contribution >= 0.6 is 11.6 Å². The summed E-state index contributed by atoms with van der Waals surface area (Å²) in [5.74, 6) is -0.668. The second-order valence-corrected chi connectivity index (χ2v) is 7.61. The molecule has 3 aromatic rings. The third kappa shape index (κ3) is 3.99. The molecule has 4 heterocycles. The molecule has 1 saturated heterocycles. The van der Waals surface area contributed by atoms with Crippen molar-refractivity contribution in [2.75, 3.05) is 26.2 Å². The molecule has 31 heavy (non-hydrogen) atoms. The number of nitrogens with zero attached hydrogens (tertiary/aromatic N) is 4. The minimum atomic E-state index is -4.71. The fourth-order valence-electron chi connectivity index (χ4n) is 3.63. The molecule has 0 N–H and O–H groups in total. The van der Waals surface area contributed by atoms with E-state index in [2.05, 4.69) is 4.98 Å². The van der Waals surface area contributed by atoms with Crippen LogP contribution in [0.2, 0.25) is 5.15 Å². The molecule has 1 fully saturated rings. The average Bonchev–Trinajstić information content (AvgIpc) is 3.27. The standard InChI is InChI=1S/C20H18ClF3N4O3/c1-12(29)26-4-2-5-27(7-6-26)19(30)16-17(21)28-10-14(13-3-8-31-11-13)9-15(18(28)25-16)20(22,23)24/h3,8-11H,2,4-7H2,1H3. The molecule has 4 rings (SSSR count). The van der Waals surface area contributed by atoms with E-state index in [1.165, 1.54) is 36.6 Å². The molecule has 0 unspecified atom stereocenters. The van der Waals surface area contributed by atoms with Crippen LogP contribution in [-0.2, 0) is 11.0 Å². The molecule has 0 aliphatic carbocycles. The first-order valence-electron chi connectivity index (χ1n) is 9.53. The van der Waals surface area contributed by atoms with Crippen molar-refractivity contribution in [2.45, 2.75) is 19.5 Å². The van der Waals surface area contributed by atoms with Crippen LogP contribution in [0.4, 0.5) is 13.2 Å². The largest absolute Gasteiger partial charge is 0.472 e. The molecule has 7 nitrogen and oxygen atoms in total. The van der Waals surface area contributed by atoms with Crippen LogP contribution in [0.1, 0.15) is 29.4 Å². The SMILES string of the molecule is CC(=O)N1CCCN(C(=O)c2nc3c(C(F)(F)F)cc(-c4ccoc4)cn3c2Cl)CC1. The van der Waals surface area contributed by atoms with Gasteiger partial charge in [-0.15, -0.1) is 0 Å². The van der Waals surface area contributed by atoms with E-state index in [0.717, 1.165) is 10.5 Å². The monoisotopic (exact) mass is 454 g/mol. The first kappa shape index (κ1) is 21.2. The summed E-state index contributed by atoms with van der Waals surface area (Å²) in [6.07, 6.45) is -0.103. The van der Waals surface area contributed by atoms with Crippen molar-refractivity contribution in [1.82, 2.24) is 19.2 Å². The van der Waals surface area contributed by atoms with Crippen molar-refractivity contribution in [1.29, 1.82) is 0 Å². The number of furan rings is 1. The molecule has 0 aromatic carbocycles. The Kier molecular flexibility index (Phi) is 5.42. The summed E-state index contributed by atoms with van der Waals surface area (Å²) in [5.41, 5.74) is -1.06. The summed E-state index contributed by atoms with van der Waals surface area (Å²) in [5, 5.41) is -0.205. The Morgan fingerprint density at radius 3 is 2.48 bits per heavy atom. The Labute approximate surface area is 180 Å². The third-order valence-corrected chi connectivity index (χ3v) is 5.61. The zero-order valence-corrected chi connectivity index (χ0v) is 17.2. The number of alkyl halides is 3. The summed E-state index contributed by atoms with van der Waals surface area (Å²) < 4.78 is 47.3. The summed E-state index contributed by atoms with van der Waals surface area (Å²) >= 11 is 6.34. The van der Waals surface area contributed by atoms with Crippen LogP contribution < -0.4 is 0 Å². The van der Waals surface area contributed by atoms with E-state index >= 15 is 0 Å². The zero-order chi connectivity index (χ0) is 22.3. The zero-order valence-electron chi connectivity index (χ0n) is 16.4. The van der Waals surface area contributed by atoms with E-state index < -0.39 is 23.3 Å². The van der Waals surface area contributed by atoms with Gasteiger partial charge in [0, 0.05) is 50.4 Å². The molecule has 0 bridgehead atoms. The quantitative estimate of drug-likeness (QED) is 0.587. The smallest absolute Gasteiger partial charge is 0.420 e. The van der Waals surface area contributed by atoms with E-state index in [9.17, 15) is 22.8 Å². The molecule has 0 radical (unpaired) electrons. The fourth-order valence-corrected chi connectivity index (χ4v) is 3.89. The van der Waals surface area contributed by atoms with E-state index in [4.69, 9.17) is 16.0 Å². The number of carbonyl (C=O) groups is 2. The third-order valence-electron chi connectivity index (χ3n) is 5.25. The van der Waals surface area contributed by atoms with Crippen LogP contribution in [0.25, 0.3) is 16.8 Å². The second-order valence-electron chi connectivity index (χ2n) is 7.25. The molecule has 1 aliphatic heterocycles. The van der Waals surface area contributed by atoms with Crippen LogP contribution in [0.15, 0.2) is 35.3 Å². The second kappa shape index (κ2) is 7.92. The number of carbonyl (C=O) groups excluding carboxylic acids is 2. The van der Waals surface area contributed by atoms with Crippen LogP contribution in [0, 0.1) is 0 Å². The Bertz CT molecular complexity index is 1140. The molecular formula is C20H18ClF3N4O3. The number of amides is 2. The molecular weight excluding hydrogens is 437 g/mol. The van der Waals surface area contributed by atoms with Gasteiger partial charge < -0.3 is 14.2 Å². The van der Waals surface area contributed by atoms with Gasteiger partial charge in [0.15, 0.2) is 11.3 Å². The van der Waals surface area contributed by atoms with Gasteiger partial charge in [0.2, 0.25) is 5.91 Å². The van der Waals surface area contributed by atoms with Gasteiger partial charge in [0.05, 0.1) is 18.1 Å². The molecule has 1 aliphatic rings. The van der Waals surface area contributed by atoms with Crippen molar-refractivity contribution in [3.8, 4) is 11.1 Å². The lowest BCUT2D eigenvalue weighted by molar-refractivity contribution is -0.136. The number of hydrogen-bond donors (Lipinski definition) is 0. The van der Waals surface area contributed by atoms with Gasteiger partial charge in [0.25, 0.3) is 5.91 Å². The van der Waals surface area contributed by atoms with Crippen LogP contribution in [-0.4, -0.2) is 57.2 Å². The first-order chi connectivity index (χ1) is 14.7. The van der Waals surface area contributed by atoms with E-state index in [1.807, 2.05) is 0 Å². The van der Waals surface area contributed by atoms with Crippen LogP contribution in [0.5, 0.6) is 0 Å². The summed E-state index contributed by atoms with van der Waals surface area (Å²) in [6, 6.07) is 2.48. The van der Waals surface area contributed by atoms with Crippen molar-refractivity contribution in [3.63, 3.8) is 0 Å². The van der Waals surface area contributed by atoms with Crippen molar-refractivity contribution in [2.24, 2.45) is 0 Å². The molecule has 0 spiro atoms. The minimum absolute atomic E-state index is 0.0957. The summed E-state index contributed by atoms with van der Waals surface area (Å²) in [4.78, 5) is 31.7. The number of halogens is 4. The lowest BCUT2D eigenvalue weighted by atomic mass is 10.1. The van der Waals surface area contributed by atoms with Gasteiger partial charge in [-0.25, -0.2) is 4.98 Å². The predicted octanol–water partition coefficient (Wildman–Crippen LogP) is 3.96. The topological polar surface area (TPSA) is 71.1 Å². The fraction of sp³-hybridized carbons (Fsp3) is 0.350. The maximum Gasteiger partial charge on any atom is 0.420 e. The van der Waals surface area contributed by atoms with Gasteiger partial charge in [-0.2, -0.15) is 13.2 Å². The normalized spacial score (nSPS) is 15.4. The highest BCUT2D eigenvalue weighted by atomic mass is 35.5. The van der Waals surface area contributed by atoms with E-state index in [-0.39, 0.29) is 28.9 Å². The highest BCUT2D eigenvalue weighted by Crippen LogP contribution is 2.37. The van der Waals surface area contributed by atoms with Crippen molar-refractivity contribution >= 4 is 29.1 Å². The minimum Gasteiger partial charge on any atom is -0.472 e.